The van der Waals surface area contributed by atoms with Gasteiger partial charge in [-0.25, -0.2) is 0 Å². The standard InChI is InChI=1S/C20H23NO2S/c1-3-21(4-2)13-14-23-20(22)19-17-11-6-5-9-15(17)16-10-7-8-12-18(16)24-19/h5-12,19H,3-4,13-14H2,1-2H3. The molecule has 1 aliphatic rings. The van der Waals surface area contributed by atoms with Crippen molar-refractivity contribution >= 4 is 17.7 Å². The fourth-order valence-electron chi connectivity index (χ4n) is 3.02. The number of carbonyl (C=O) groups excluding carboxylic acids is 1. The Bertz CT molecular complexity index is 712. The lowest BCUT2D eigenvalue weighted by molar-refractivity contribution is -0.143. The summed E-state index contributed by atoms with van der Waals surface area (Å²) in [6.07, 6.45) is 0. The molecule has 3 rings (SSSR count). The Labute approximate surface area is 148 Å². The van der Waals surface area contributed by atoms with E-state index in [0.717, 1.165) is 35.7 Å². The van der Waals surface area contributed by atoms with Crippen LogP contribution in [0.25, 0.3) is 11.1 Å². The molecule has 2 aromatic carbocycles. The fraction of sp³-hybridized carbons (Fsp3) is 0.350. The lowest BCUT2D eigenvalue weighted by Gasteiger charge is -2.26. The van der Waals surface area contributed by atoms with Crippen LogP contribution in [0.15, 0.2) is 53.4 Å². The molecule has 0 spiro atoms. The summed E-state index contributed by atoms with van der Waals surface area (Å²) in [4.78, 5) is 16.1. The Hall–Kier alpha value is -1.78. The summed E-state index contributed by atoms with van der Waals surface area (Å²) in [5.74, 6) is -0.144. The molecule has 126 valence electrons. The van der Waals surface area contributed by atoms with Crippen molar-refractivity contribution in [3.05, 3.63) is 54.1 Å². The van der Waals surface area contributed by atoms with E-state index < -0.39 is 0 Å². The van der Waals surface area contributed by atoms with Crippen LogP contribution in [0.3, 0.4) is 0 Å². The summed E-state index contributed by atoms with van der Waals surface area (Å²) in [5, 5.41) is -0.284. The van der Waals surface area contributed by atoms with Gasteiger partial charge in [0.2, 0.25) is 0 Å². The lowest BCUT2D eigenvalue weighted by Crippen LogP contribution is -2.28. The molecule has 2 aromatic rings. The monoisotopic (exact) mass is 341 g/mol. The largest absolute Gasteiger partial charge is 0.463 e. The Morgan fingerprint density at radius 3 is 2.46 bits per heavy atom. The highest BCUT2D eigenvalue weighted by Crippen LogP contribution is 2.49. The van der Waals surface area contributed by atoms with Gasteiger partial charge in [-0.05, 0) is 35.8 Å². The minimum Gasteiger partial charge on any atom is -0.463 e. The SMILES string of the molecule is CCN(CC)CCOC(=O)C1Sc2ccccc2-c2ccccc21. The second-order valence-electron chi connectivity index (χ2n) is 5.78. The molecule has 4 heteroatoms. The molecule has 0 bridgehead atoms. The summed E-state index contributed by atoms with van der Waals surface area (Å²) in [6.45, 7) is 7.42. The zero-order valence-corrected chi connectivity index (χ0v) is 15.0. The first-order valence-electron chi connectivity index (χ1n) is 8.48. The number of hydrogen-bond acceptors (Lipinski definition) is 4. The number of hydrogen-bond donors (Lipinski definition) is 0. The molecule has 0 saturated heterocycles. The quantitative estimate of drug-likeness (QED) is 0.729. The first kappa shape index (κ1) is 17.1. The molecule has 1 heterocycles. The van der Waals surface area contributed by atoms with E-state index in [1.165, 1.54) is 5.56 Å². The van der Waals surface area contributed by atoms with Crippen molar-refractivity contribution in [1.82, 2.24) is 4.90 Å². The van der Waals surface area contributed by atoms with Gasteiger partial charge >= 0.3 is 5.97 Å². The summed E-state index contributed by atoms with van der Waals surface area (Å²) in [5.41, 5.74) is 3.39. The smallest absolute Gasteiger partial charge is 0.324 e. The van der Waals surface area contributed by atoms with E-state index in [0.29, 0.717) is 6.61 Å². The number of benzene rings is 2. The van der Waals surface area contributed by atoms with Gasteiger partial charge in [0.05, 0.1) is 0 Å². The van der Waals surface area contributed by atoms with E-state index in [9.17, 15) is 4.79 Å². The molecule has 3 nitrogen and oxygen atoms in total. The summed E-state index contributed by atoms with van der Waals surface area (Å²) < 4.78 is 5.59. The number of nitrogens with zero attached hydrogens (tertiary/aromatic N) is 1. The van der Waals surface area contributed by atoms with Crippen molar-refractivity contribution in [2.45, 2.75) is 24.0 Å². The molecule has 0 saturated carbocycles. The van der Waals surface area contributed by atoms with Gasteiger partial charge in [0.1, 0.15) is 11.9 Å². The summed E-state index contributed by atoms with van der Waals surface area (Å²) in [6, 6.07) is 16.4. The predicted octanol–water partition coefficient (Wildman–Crippen LogP) is 4.39. The summed E-state index contributed by atoms with van der Waals surface area (Å²) in [7, 11) is 0. The second-order valence-corrected chi connectivity index (χ2v) is 6.92. The summed E-state index contributed by atoms with van der Waals surface area (Å²) >= 11 is 1.59. The third kappa shape index (κ3) is 3.50. The van der Waals surface area contributed by atoms with Crippen molar-refractivity contribution in [3.63, 3.8) is 0 Å². The molecule has 0 fully saturated rings. The second kappa shape index (κ2) is 7.86. The van der Waals surface area contributed by atoms with Crippen LogP contribution < -0.4 is 0 Å². The minimum absolute atomic E-state index is 0.144. The van der Waals surface area contributed by atoms with Gasteiger partial charge in [-0.2, -0.15) is 0 Å². The van der Waals surface area contributed by atoms with E-state index in [-0.39, 0.29) is 11.2 Å². The van der Waals surface area contributed by atoms with E-state index >= 15 is 0 Å². The highest BCUT2D eigenvalue weighted by Gasteiger charge is 2.31. The maximum Gasteiger partial charge on any atom is 0.324 e. The van der Waals surface area contributed by atoms with Crippen LogP contribution in [0, 0.1) is 0 Å². The normalized spacial score (nSPS) is 15.7. The molecule has 1 unspecified atom stereocenters. The third-order valence-electron chi connectivity index (χ3n) is 4.43. The van der Waals surface area contributed by atoms with Crippen LogP contribution in [0.4, 0.5) is 0 Å². The zero-order valence-electron chi connectivity index (χ0n) is 14.2. The molecule has 0 N–H and O–H groups in total. The maximum absolute atomic E-state index is 12.7. The highest BCUT2D eigenvalue weighted by atomic mass is 32.2. The van der Waals surface area contributed by atoms with Crippen molar-refractivity contribution in [2.24, 2.45) is 0 Å². The van der Waals surface area contributed by atoms with Crippen molar-refractivity contribution < 1.29 is 9.53 Å². The van der Waals surface area contributed by atoms with Crippen LogP contribution >= 0.6 is 11.8 Å². The highest BCUT2D eigenvalue weighted by molar-refractivity contribution is 8.00. The third-order valence-corrected chi connectivity index (χ3v) is 5.72. The minimum atomic E-state index is -0.284. The number of thioether (sulfide) groups is 1. The number of rotatable bonds is 6. The number of esters is 1. The zero-order chi connectivity index (χ0) is 16.9. The van der Waals surface area contributed by atoms with Gasteiger partial charge in [0.25, 0.3) is 0 Å². The van der Waals surface area contributed by atoms with Crippen LogP contribution in [-0.4, -0.2) is 37.1 Å². The van der Waals surface area contributed by atoms with Gasteiger partial charge in [-0.3, -0.25) is 4.79 Å². The van der Waals surface area contributed by atoms with E-state index in [1.54, 1.807) is 11.8 Å². The number of carbonyl (C=O) groups is 1. The van der Waals surface area contributed by atoms with Crippen molar-refractivity contribution in [3.8, 4) is 11.1 Å². The Morgan fingerprint density at radius 1 is 1.04 bits per heavy atom. The first-order chi connectivity index (χ1) is 11.7. The maximum atomic E-state index is 12.7. The molecule has 0 radical (unpaired) electrons. The van der Waals surface area contributed by atoms with E-state index in [2.05, 4.69) is 36.9 Å². The number of ether oxygens (including phenoxy) is 1. The molecular formula is C20H23NO2S. The van der Waals surface area contributed by atoms with Gasteiger partial charge in [0.15, 0.2) is 0 Å². The Morgan fingerprint density at radius 2 is 1.71 bits per heavy atom. The van der Waals surface area contributed by atoms with E-state index in [1.807, 2.05) is 30.3 Å². The van der Waals surface area contributed by atoms with Crippen LogP contribution in [0.2, 0.25) is 0 Å². The molecule has 1 aliphatic heterocycles. The number of likely N-dealkylation sites (N-methyl/N-ethyl adjacent to an activating group) is 1. The molecule has 0 aliphatic carbocycles. The fourth-order valence-corrected chi connectivity index (χ4v) is 4.23. The first-order valence-corrected chi connectivity index (χ1v) is 9.36. The predicted molar refractivity (Wildman–Crippen MR) is 99.2 cm³/mol. The molecular weight excluding hydrogens is 318 g/mol. The van der Waals surface area contributed by atoms with Crippen LogP contribution in [0.5, 0.6) is 0 Å². The van der Waals surface area contributed by atoms with Crippen molar-refractivity contribution in [1.29, 1.82) is 0 Å². The lowest BCUT2D eigenvalue weighted by atomic mass is 9.97. The van der Waals surface area contributed by atoms with Gasteiger partial charge in [-0.1, -0.05) is 56.3 Å². The average molecular weight is 341 g/mol. The Balaban J connectivity index is 1.76. The average Bonchev–Trinajstić information content (AvgIpc) is 2.64. The number of fused-ring (bicyclic) bond motifs is 3. The van der Waals surface area contributed by atoms with Crippen LogP contribution in [0.1, 0.15) is 24.7 Å². The molecule has 0 amide bonds. The Kier molecular flexibility index (Phi) is 5.59. The van der Waals surface area contributed by atoms with Crippen molar-refractivity contribution in [2.75, 3.05) is 26.2 Å². The van der Waals surface area contributed by atoms with Gasteiger partial charge in [-0.15, -0.1) is 11.8 Å². The van der Waals surface area contributed by atoms with Gasteiger partial charge < -0.3 is 9.64 Å². The van der Waals surface area contributed by atoms with Gasteiger partial charge in [0, 0.05) is 11.4 Å². The topological polar surface area (TPSA) is 29.5 Å². The molecule has 24 heavy (non-hydrogen) atoms. The van der Waals surface area contributed by atoms with E-state index in [4.69, 9.17) is 4.74 Å². The molecule has 0 aromatic heterocycles. The van der Waals surface area contributed by atoms with Crippen LogP contribution in [-0.2, 0) is 9.53 Å². The molecule has 1 atom stereocenters.